The highest BCUT2D eigenvalue weighted by atomic mass is 79.9. The number of hydrogen-bond acceptors (Lipinski definition) is 2. The predicted molar refractivity (Wildman–Crippen MR) is 87.9 cm³/mol. The lowest BCUT2D eigenvalue weighted by Crippen LogP contribution is -2.37. The van der Waals surface area contributed by atoms with E-state index in [2.05, 4.69) is 39.2 Å². The summed E-state index contributed by atoms with van der Waals surface area (Å²) in [5.41, 5.74) is 0.932. The van der Waals surface area contributed by atoms with Gasteiger partial charge in [0.25, 0.3) is 0 Å². The third-order valence-electron chi connectivity index (χ3n) is 3.00. The highest BCUT2D eigenvalue weighted by Gasteiger charge is 2.11. The van der Waals surface area contributed by atoms with Crippen molar-refractivity contribution in [2.24, 2.45) is 0 Å². The molecule has 20 heavy (non-hydrogen) atoms. The van der Waals surface area contributed by atoms with Gasteiger partial charge >= 0.3 is 0 Å². The quantitative estimate of drug-likeness (QED) is 0.819. The van der Waals surface area contributed by atoms with Crippen molar-refractivity contribution in [1.29, 1.82) is 0 Å². The lowest BCUT2D eigenvalue weighted by atomic mass is 10.1. The molecule has 0 heterocycles. The van der Waals surface area contributed by atoms with E-state index in [4.69, 9.17) is 0 Å². The van der Waals surface area contributed by atoms with Crippen molar-refractivity contribution in [3.8, 4) is 0 Å². The summed E-state index contributed by atoms with van der Waals surface area (Å²) >= 11 is 3.46. The van der Waals surface area contributed by atoms with Crippen LogP contribution in [-0.2, 0) is 4.79 Å². The van der Waals surface area contributed by atoms with Gasteiger partial charge in [0.2, 0.25) is 5.91 Å². The van der Waals surface area contributed by atoms with Gasteiger partial charge < -0.3 is 10.6 Å². The SMILES string of the molecule is C=CCNC(=O)C(C)Nc1ccc2cc(Br)ccc2c1. The summed E-state index contributed by atoms with van der Waals surface area (Å²) in [5, 5.41) is 8.27. The van der Waals surface area contributed by atoms with Gasteiger partial charge in [0.15, 0.2) is 0 Å². The Morgan fingerprint density at radius 1 is 1.30 bits per heavy atom. The van der Waals surface area contributed by atoms with Crippen molar-refractivity contribution < 1.29 is 4.79 Å². The summed E-state index contributed by atoms with van der Waals surface area (Å²) in [6, 6.07) is 11.9. The first kappa shape index (κ1) is 14.6. The minimum absolute atomic E-state index is 0.0409. The highest BCUT2D eigenvalue weighted by Crippen LogP contribution is 2.23. The maximum atomic E-state index is 11.8. The van der Waals surface area contributed by atoms with Gasteiger partial charge in [-0.15, -0.1) is 6.58 Å². The van der Waals surface area contributed by atoms with Crippen LogP contribution in [0, 0.1) is 0 Å². The molecule has 0 saturated carbocycles. The zero-order valence-electron chi connectivity index (χ0n) is 11.3. The minimum Gasteiger partial charge on any atom is -0.374 e. The molecule has 0 aliphatic heterocycles. The third-order valence-corrected chi connectivity index (χ3v) is 3.49. The normalized spacial score (nSPS) is 11.9. The standard InChI is InChI=1S/C16H17BrN2O/c1-3-8-18-16(20)11(2)19-15-7-5-12-9-14(17)6-4-13(12)10-15/h3-7,9-11,19H,1,8H2,2H3,(H,18,20). The van der Waals surface area contributed by atoms with Crippen molar-refractivity contribution in [3.05, 3.63) is 53.5 Å². The van der Waals surface area contributed by atoms with Crippen LogP contribution in [0.1, 0.15) is 6.92 Å². The van der Waals surface area contributed by atoms with E-state index in [0.29, 0.717) is 6.54 Å². The van der Waals surface area contributed by atoms with Crippen molar-refractivity contribution in [2.75, 3.05) is 11.9 Å². The Morgan fingerprint density at radius 2 is 2.00 bits per heavy atom. The fourth-order valence-electron chi connectivity index (χ4n) is 1.95. The average molecular weight is 333 g/mol. The fraction of sp³-hybridized carbons (Fsp3) is 0.188. The second-order valence-corrected chi connectivity index (χ2v) is 5.52. The Hall–Kier alpha value is -1.81. The van der Waals surface area contributed by atoms with Gasteiger partial charge in [-0.25, -0.2) is 0 Å². The summed E-state index contributed by atoms with van der Waals surface area (Å²) in [5.74, 6) is -0.0409. The molecule has 4 heteroatoms. The molecule has 2 aromatic carbocycles. The number of benzene rings is 2. The Morgan fingerprint density at radius 3 is 2.75 bits per heavy atom. The van der Waals surface area contributed by atoms with Gasteiger partial charge in [0.05, 0.1) is 0 Å². The van der Waals surface area contributed by atoms with Crippen LogP contribution < -0.4 is 10.6 Å². The number of fused-ring (bicyclic) bond motifs is 1. The maximum Gasteiger partial charge on any atom is 0.242 e. The number of nitrogens with one attached hydrogen (secondary N) is 2. The molecule has 3 nitrogen and oxygen atoms in total. The first-order valence-corrected chi connectivity index (χ1v) is 7.24. The second kappa shape index (κ2) is 6.57. The minimum atomic E-state index is -0.289. The van der Waals surface area contributed by atoms with Crippen LogP contribution in [0.15, 0.2) is 53.5 Å². The second-order valence-electron chi connectivity index (χ2n) is 4.61. The number of anilines is 1. The summed E-state index contributed by atoms with van der Waals surface area (Å²) in [4.78, 5) is 11.8. The molecular weight excluding hydrogens is 316 g/mol. The summed E-state index contributed by atoms with van der Waals surface area (Å²) in [6.45, 7) is 5.90. The summed E-state index contributed by atoms with van der Waals surface area (Å²) in [6.07, 6.45) is 1.67. The first-order chi connectivity index (χ1) is 9.60. The summed E-state index contributed by atoms with van der Waals surface area (Å²) in [7, 11) is 0. The van der Waals surface area contributed by atoms with Gasteiger partial charge in [-0.1, -0.05) is 34.1 Å². The van der Waals surface area contributed by atoms with Crippen LogP contribution in [0.25, 0.3) is 10.8 Å². The molecule has 0 radical (unpaired) electrons. The van der Waals surface area contributed by atoms with E-state index in [1.54, 1.807) is 6.08 Å². The molecule has 2 rings (SSSR count). The summed E-state index contributed by atoms with van der Waals surface area (Å²) < 4.78 is 1.06. The molecule has 1 atom stereocenters. The van der Waals surface area contributed by atoms with Crippen LogP contribution in [0.5, 0.6) is 0 Å². The lowest BCUT2D eigenvalue weighted by molar-refractivity contribution is -0.121. The van der Waals surface area contributed by atoms with E-state index in [-0.39, 0.29) is 11.9 Å². The molecule has 0 saturated heterocycles. The Kier molecular flexibility index (Phi) is 4.79. The Labute approximate surface area is 127 Å². The molecule has 0 spiro atoms. The maximum absolute atomic E-state index is 11.8. The largest absolute Gasteiger partial charge is 0.374 e. The Bertz CT molecular complexity index is 639. The fourth-order valence-corrected chi connectivity index (χ4v) is 2.33. The zero-order valence-corrected chi connectivity index (χ0v) is 12.9. The van der Waals surface area contributed by atoms with Crippen LogP contribution >= 0.6 is 15.9 Å². The molecule has 0 bridgehead atoms. The van der Waals surface area contributed by atoms with Gasteiger partial charge in [0, 0.05) is 16.7 Å². The molecule has 1 amide bonds. The highest BCUT2D eigenvalue weighted by molar-refractivity contribution is 9.10. The van der Waals surface area contributed by atoms with Crippen molar-refractivity contribution in [1.82, 2.24) is 5.32 Å². The molecule has 0 aromatic heterocycles. The Balaban J connectivity index is 2.11. The number of carbonyl (C=O) groups excluding carboxylic acids is 1. The van der Waals surface area contributed by atoms with E-state index in [9.17, 15) is 4.79 Å². The van der Waals surface area contributed by atoms with Crippen LogP contribution in [-0.4, -0.2) is 18.5 Å². The smallest absolute Gasteiger partial charge is 0.242 e. The van der Waals surface area contributed by atoms with E-state index in [0.717, 1.165) is 20.9 Å². The molecule has 0 aliphatic carbocycles. The number of rotatable bonds is 5. The van der Waals surface area contributed by atoms with Gasteiger partial charge in [-0.2, -0.15) is 0 Å². The van der Waals surface area contributed by atoms with Gasteiger partial charge in [0.1, 0.15) is 6.04 Å². The number of amides is 1. The molecule has 2 N–H and O–H groups in total. The van der Waals surface area contributed by atoms with Crippen molar-refractivity contribution in [3.63, 3.8) is 0 Å². The van der Waals surface area contributed by atoms with E-state index >= 15 is 0 Å². The van der Waals surface area contributed by atoms with Gasteiger partial charge in [-0.05, 0) is 42.0 Å². The monoisotopic (exact) mass is 332 g/mol. The molecule has 0 fully saturated rings. The van der Waals surface area contributed by atoms with E-state index in [1.165, 1.54) is 0 Å². The number of carbonyl (C=O) groups is 1. The number of hydrogen-bond donors (Lipinski definition) is 2. The van der Waals surface area contributed by atoms with Crippen LogP contribution in [0.3, 0.4) is 0 Å². The zero-order chi connectivity index (χ0) is 14.5. The van der Waals surface area contributed by atoms with Gasteiger partial charge in [-0.3, -0.25) is 4.79 Å². The van der Waals surface area contributed by atoms with Crippen LogP contribution in [0.2, 0.25) is 0 Å². The molecule has 1 unspecified atom stereocenters. The molecular formula is C16H17BrN2O. The topological polar surface area (TPSA) is 41.1 Å². The molecule has 2 aromatic rings. The first-order valence-electron chi connectivity index (χ1n) is 6.44. The average Bonchev–Trinajstić information content (AvgIpc) is 2.44. The predicted octanol–water partition coefficient (Wildman–Crippen LogP) is 3.70. The number of halogens is 1. The third kappa shape index (κ3) is 3.61. The van der Waals surface area contributed by atoms with Crippen molar-refractivity contribution >= 4 is 38.3 Å². The molecule has 0 aliphatic rings. The van der Waals surface area contributed by atoms with E-state index in [1.807, 2.05) is 37.3 Å². The lowest BCUT2D eigenvalue weighted by Gasteiger charge is -2.15. The van der Waals surface area contributed by atoms with E-state index < -0.39 is 0 Å². The van der Waals surface area contributed by atoms with Crippen LogP contribution in [0.4, 0.5) is 5.69 Å². The van der Waals surface area contributed by atoms with Crippen molar-refractivity contribution in [2.45, 2.75) is 13.0 Å². The molecule has 104 valence electrons.